The van der Waals surface area contributed by atoms with Gasteiger partial charge in [0.05, 0.1) is 0 Å². The zero-order chi connectivity index (χ0) is 16.8. The number of carbonyl (C=O) groups is 3. The van der Waals surface area contributed by atoms with Gasteiger partial charge in [-0.1, -0.05) is 18.2 Å². The fourth-order valence-electron chi connectivity index (χ4n) is 1.84. The van der Waals surface area contributed by atoms with E-state index < -0.39 is 17.8 Å². The molecule has 0 radical (unpaired) electrons. The minimum Gasteiger partial charge on any atom is -0.445 e. The van der Waals surface area contributed by atoms with Crippen molar-refractivity contribution in [2.75, 3.05) is 6.73 Å². The molecular formula is C16H15N3O4. The maximum atomic E-state index is 11.8. The van der Waals surface area contributed by atoms with Crippen LogP contribution in [0.5, 0.6) is 0 Å². The summed E-state index contributed by atoms with van der Waals surface area (Å²) in [6.45, 7) is 1.04. The molecule has 1 aromatic carbocycles. The fraction of sp³-hybridized carbons (Fsp3) is 0.125. The number of aromatic nitrogens is 1. The maximum Gasteiger partial charge on any atom is 0.304 e. The fourth-order valence-corrected chi connectivity index (χ4v) is 1.84. The Kier molecular flexibility index (Phi) is 5.03. The van der Waals surface area contributed by atoms with Crippen molar-refractivity contribution in [3.8, 4) is 11.1 Å². The molecule has 0 saturated carbocycles. The molecule has 118 valence electrons. The Labute approximate surface area is 132 Å². The second-order valence-electron chi connectivity index (χ2n) is 4.66. The molecule has 0 spiro atoms. The topological polar surface area (TPSA) is 111 Å². The summed E-state index contributed by atoms with van der Waals surface area (Å²) >= 11 is 0. The number of ether oxygens (including phenoxy) is 1. The normalized spacial score (nSPS) is 9.96. The predicted molar refractivity (Wildman–Crippen MR) is 82.3 cm³/mol. The summed E-state index contributed by atoms with van der Waals surface area (Å²) in [4.78, 5) is 37.7. The van der Waals surface area contributed by atoms with Crippen LogP contribution in [-0.2, 0) is 9.53 Å². The molecule has 1 heterocycles. The van der Waals surface area contributed by atoms with Crippen molar-refractivity contribution in [1.29, 1.82) is 0 Å². The molecule has 2 rings (SSSR count). The number of nitrogens with two attached hydrogens (primary N) is 1. The first kappa shape index (κ1) is 16.2. The van der Waals surface area contributed by atoms with Crippen molar-refractivity contribution in [2.45, 2.75) is 6.92 Å². The third-order valence-electron chi connectivity index (χ3n) is 2.98. The highest BCUT2D eigenvalue weighted by Gasteiger charge is 2.08. The lowest BCUT2D eigenvalue weighted by atomic mass is 10.0. The van der Waals surface area contributed by atoms with Crippen molar-refractivity contribution >= 4 is 17.8 Å². The number of carbonyl (C=O) groups excluding carboxylic acids is 3. The van der Waals surface area contributed by atoms with Crippen molar-refractivity contribution in [3.63, 3.8) is 0 Å². The number of benzene rings is 1. The van der Waals surface area contributed by atoms with Gasteiger partial charge in [-0.05, 0) is 23.8 Å². The van der Waals surface area contributed by atoms with E-state index >= 15 is 0 Å². The summed E-state index contributed by atoms with van der Waals surface area (Å²) in [5.74, 6) is -1.45. The zero-order valence-corrected chi connectivity index (χ0v) is 12.4. The first-order valence-electron chi connectivity index (χ1n) is 6.75. The summed E-state index contributed by atoms with van der Waals surface area (Å²) < 4.78 is 4.62. The van der Waals surface area contributed by atoms with Crippen LogP contribution in [0.3, 0.4) is 0 Å². The van der Waals surface area contributed by atoms with E-state index in [1.54, 1.807) is 24.3 Å². The average Bonchev–Trinajstić information content (AvgIpc) is 2.54. The molecule has 0 saturated heterocycles. The van der Waals surface area contributed by atoms with E-state index in [0.717, 1.165) is 11.1 Å². The molecule has 7 nitrogen and oxygen atoms in total. The number of esters is 1. The number of amides is 2. The highest BCUT2D eigenvalue weighted by molar-refractivity contribution is 5.94. The lowest BCUT2D eigenvalue weighted by Gasteiger charge is -2.06. The second kappa shape index (κ2) is 7.17. The van der Waals surface area contributed by atoms with Crippen LogP contribution >= 0.6 is 0 Å². The van der Waals surface area contributed by atoms with Gasteiger partial charge in [0.2, 0.25) is 5.91 Å². The monoisotopic (exact) mass is 313 g/mol. The Hall–Kier alpha value is -3.22. The molecule has 0 unspecified atom stereocenters. The SMILES string of the molecule is CC(=O)OCNC(=O)c1ccc(-c2cccc(C(N)=O)c2)cn1. The minimum atomic E-state index is -0.513. The number of hydrogen-bond acceptors (Lipinski definition) is 5. The van der Waals surface area contributed by atoms with Crippen LogP contribution in [0.15, 0.2) is 42.6 Å². The molecule has 2 aromatic rings. The van der Waals surface area contributed by atoms with Crippen molar-refractivity contribution in [3.05, 3.63) is 53.9 Å². The molecule has 0 aliphatic rings. The number of nitrogens with zero attached hydrogens (tertiary/aromatic N) is 1. The molecule has 0 aliphatic heterocycles. The van der Waals surface area contributed by atoms with E-state index in [1.807, 2.05) is 6.07 Å². The summed E-state index contributed by atoms with van der Waals surface area (Å²) in [5.41, 5.74) is 7.34. The van der Waals surface area contributed by atoms with Crippen LogP contribution in [0.25, 0.3) is 11.1 Å². The third-order valence-corrected chi connectivity index (χ3v) is 2.98. The van der Waals surface area contributed by atoms with Gasteiger partial charge in [0.25, 0.3) is 5.91 Å². The first-order chi connectivity index (χ1) is 11.0. The first-order valence-corrected chi connectivity index (χ1v) is 6.75. The molecule has 0 atom stereocenters. The van der Waals surface area contributed by atoms with E-state index in [-0.39, 0.29) is 12.4 Å². The molecular weight excluding hydrogens is 298 g/mol. The van der Waals surface area contributed by atoms with Crippen LogP contribution in [0.4, 0.5) is 0 Å². The number of rotatable bonds is 5. The molecule has 7 heteroatoms. The van der Waals surface area contributed by atoms with Gasteiger partial charge in [0, 0.05) is 24.2 Å². The molecule has 0 aliphatic carbocycles. The van der Waals surface area contributed by atoms with Crippen LogP contribution in [0, 0.1) is 0 Å². The highest BCUT2D eigenvalue weighted by Crippen LogP contribution is 2.19. The predicted octanol–water partition coefficient (Wildman–Crippen LogP) is 1.10. The Morgan fingerprint density at radius 1 is 1.17 bits per heavy atom. The van der Waals surface area contributed by atoms with Gasteiger partial charge < -0.3 is 15.8 Å². The average molecular weight is 313 g/mol. The maximum absolute atomic E-state index is 11.8. The molecule has 0 bridgehead atoms. The van der Waals surface area contributed by atoms with E-state index in [0.29, 0.717) is 5.56 Å². The van der Waals surface area contributed by atoms with E-state index in [1.165, 1.54) is 19.2 Å². The Balaban J connectivity index is 2.10. The van der Waals surface area contributed by atoms with Crippen LogP contribution in [0.1, 0.15) is 27.8 Å². The number of pyridine rings is 1. The van der Waals surface area contributed by atoms with E-state index in [2.05, 4.69) is 15.0 Å². The summed E-state index contributed by atoms with van der Waals surface area (Å²) in [6, 6.07) is 10.0. The number of nitrogens with one attached hydrogen (secondary N) is 1. The van der Waals surface area contributed by atoms with E-state index in [4.69, 9.17) is 5.73 Å². The molecule has 23 heavy (non-hydrogen) atoms. The Bertz CT molecular complexity index is 741. The van der Waals surface area contributed by atoms with Gasteiger partial charge in [-0.25, -0.2) is 0 Å². The van der Waals surface area contributed by atoms with Gasteiger partial charge in [-0.3, -0.25) is 19.4 Å². The third kappa shape index (κ3) is 4.37. The van der Waals surface area contributed by atoms with Crippen molar-refractivity contribution in [1.82, 2.24) is 10.3 Å². The lowest BCUT2D eigenvalue weighted by Crippen LogP contribution is -2.27. The lowest BCUT2D eigenvalue weighted by molar-refractivity contribution is -0.141. The molecule has 3 N–H and O–H groups in total. The Morgan fingerprint density at radius 2 is 1.96 bits per heavy atom. The van der Waals surface area contributed by atoms with E-state index in [9.17, 15) is 14.4 Å². The van der Waals surface area contributed by atoms with Gasteiger partial charge in [0.15, 0.2) is 6.73 Å². The van der Waals surface area contributed by atoms with Crippen LogP contribution in [-0.4, -0.2) is 29.5 Å². The zero-order valence-electron chi connectivity index (χ0n) is 12.4. The summed E-state index contributed by atoms with van der Waals surface area (Å²) in [7, 11) is 0. The molecule has 0 fully saturated rings. The minimum absolute atomic E-state index is 0.187. The molecule has 2 amide bonds. The highest BCUT2D eigenvalue weighted by atomic mass is 16.5. The summed E-state index contributed by atoms with van der Waals surface area (Å²) in [6.07, 6.45) is 1.51. The van der Waals surface area contributed by atoms with Crippen molar-refractivity contribution in [2.24, 2.45) is 5.73 Å². The standard InChI is InChI=1S/C16H15N3O4/c1-10(20)23-9-19-16(22)14-6-5-13(8-18-14)11-3-2-4-12(7-11)15(17)21/h2-8H,9H2,1H3,(H2,17,21)(H,19,22). The van der Waals surface area contributed by atoms with Crippen LogP contribution < -0.4 is 11.1 Å². The van der Waals surface area contributed by atoms with Crippen molar-refractivity contribution < 1.29 is 19.1 Å². The number of primary amides is 1. The largest absolute Gasteiger partial charge is 0.445 e. The van der Waals surface area contributed by atoms with Gasteiger partial charge in [-0.15, -0.1) is 0 Å². The smallest absolute Gasteiger partial charge is 0.304 e. The number of hydrogen-bond donors (Lipinski definition) is 2. The Morgan fingerprint density at radius 3 is 2.57 bits per heavy atom. The second-order valence-corrected chi connectivity index (χ2v) is 4.66. The van der Waals surface area contributed by atoms with Gasteiger partial charge in [-0.2, -0.15) is 0 Å². The van der Waals surface area contributed by atoms with Crippen LogP contribution in [0.2, 0.25) is 0 Å². The summed E-state index contributed by atoms with van der Waals surface area (Å²) in [5, 5.41) is 2.41. The van der Waals surface area contributed by atoms with Gasteiger partial charge >= 0.3 is 5.97 Å². The van der Waals surface area contributed by atoms with Gasteiger partial charge in [0.1, 0.15) is 5.69 Å². The quantitative estimate of drug-likeness (QED) is 0.634. The molecule has 1 aromatic heterocycles.